The molecule has 0 atom stereocenters. The number of guanidine groups is 1. The summed E-state index contributed by atoms with van der Waals surface area (Å²) in [5.74, 6) is -1.18. The van der Waals surface area contributed by atoms with Crippen LogP contribution in [0.15, 0.2) is 33.7 Å². The molecule has 0 aliphatic rings. The first-order chi connectivity index (χ1) is 8.40. The molecule has 0 saturated heterocycles. The molecule has 3 N–H and O–H groups in total. The predicted octanol–water partition coefficient (Wildman–Crippen LogP) is 3.33. The van der Waals surface area contributed by atoms with Gasteiger partial charge in [0.1, 0.15) is 11.6 Å². The zero-order chi connectivity index (χ0) is 13.7. The SMILES string of the molecule is C=C(C)CNC(N)=NCc1c(F)cc(Br)cc1F.I. The Hall–Kier alpha value is -0.700. The van der Waals surface area contributed by atoms with Gasteiger partial charge in [-0.25, -0.2) is 13.8 Å². The lowest BCUT2D eigenvalue weighted by Gasteiger charge is -2.06. The summed E-state index contributed by atoms with van der Waals surface area (Å²) >= 11 is 3.01. The minimum atomic E-state index is -0.654. The Morgan fingerprint density at radius 3 is 2.42 bits per heavy atom. The number of nitrogens with two attached hydrogens (primary N) is 1. The quantitative estimate of drug-likeness (QED) is 0.323. The van der Waals surface area contributed by atoms with Crippen LogP contribution in [0.3, 0.4) is 0 Å². The molecule has 0 fully saturated rings. The smallest absolute Gasteiger partial charge is 0.189 e. The molecule has 0 spiro atoms. The van der Waals surface area contributed by atoms with Gasteiger partial charge in [0.2, 0.25) is 0 Å². The van der Waals surface area contributed by atoms with Crippen LogP contribution in [0, 0.1) is 11.6 Å². The number of aliphatic imine (C=N–C) groups is 1. The van der Waals surface area contributed by atoms with Gasteiger partial charge >= 0.3 is 0 Å². The van der Waals surface area contributed by atoms with Crippen LogP contribution in [-0.4, -0.2) is 12.5 Å². The summed E-state index contributed by atoms with van der Waals surface area (Å²) in [5, 5.41) is 2.78. The van der Waals surface area contributed by atoms with Gasteiger partial charge in [-0.1, -0.05) is 28.1 Å². The van der Waals surface area contributed by atoms with E-state index in [0.717, 1.165) is 5.57 Å². The Morgan fingerprint density at radius 1 is 1.42 bits per heavy atom. The molecular weight excluding hydrogens is 431 g/mol. The third kappa shape index (κ3) is 6.33. The fraction of sp³-hybridized carbons (Fsp3) is 0.250. The second kappa shape index (κ2) is 8.47. The maximum atomic E-state index is 13.5. The zero-order valence-electron chi connectivity index (χ0n) is 10.3. The number of rotatable bonds is 4. The van der Waals surface area contributed by atoms with Crippen molar-refractivity contribution in [3.63, 3.8) is 0 Å². The van der Waals surface area contributed by atoms with Gasteiger partial charge in [0.05, 0.1) is 6.54 Å². The van der Waals surface area contributed by atoms with Crippen LogP contribution in [0.5, 0.6) is 0 Å². The van der Waals surface area contributed by atoms with E-state index < -0.39 is 11.6 Å². The minimum absolute atomic E-state index is 0. The van der Waals surface area contributed by atoms with Crippen molar-refractivity contribution in [3.8, 4) is 0 Å². The second-order valence-electron chi connectivity index (χ2n) is 3.86. The number of benzene rings is 1. The third-order valence-corrected chi connectivity index (χ3v) is 2.54. The van der Waals surface area contributed by atoms with Crippen LogP contribution in [-0.2, 0) is 6.54 Å². The van der Waals surface area contributed by atoms with Crippen molar-refractivity contribution in [3.05, 3.63) is 46.0 Å². The van der Waals surface area contributed by atoms with Gasteiger partial charge in [-0.15, -0.1) is 24.0 Å². The molecule has 0 aliphatic heterocycles. The van der Waals surface area contributed by atoms with Gasteiger partial charge in [-0.2, -0.15) is 0 Å². The standard InChI is InChI=1S/C12H14BrF2N3.HI/c1-7(2)5-17-12(16)18-6-9-10(14)3-8(13)4-11(9)15;/h3-4H,1,5-6H2,2H3,(H3,16,17,18);1H. The average molecular weight is 446 g/mol. The summed E-state index contributed by atoms with van der Waals surface area (Å²) < 4.78 is 27.3. The van der Waals surface area contributed by atoms with Gasteiger partial charge < -0.3 is 11.1 Å². The summed E-state index contributed by atoms with van der Waals surface area (Å²) in [7, 11) is 0. The fourth-order valence-corrected chi connectivity index (χ4v) is 1.59. The van der Waals surface area contributed by atoms with E-state index in [1.165, 1.54) is 12.1 Å². The summed E-state index contributed by atoms with van der Waals surface area (Å²) in [6.07, 6.45) is 0. The maximum Gasteiger partial charge on any atom is 0.189 e. The van der Waals surface area contributed by atoms with E-state index in [2.05, 4.69) is 32.8 Å². The van der Waals surface area contributed by atoms with Crippen LogP contribution in [0.2, 0.25) is 0 Å². The van der Waals surface area contributed by atoms with Gasteiger partial charge in [0.15, 0.2) is 5.96 Å². The van der Waals surface area contributed by atoms with Crippen molar-refractivity contribution < 1.29 is 8.78 Å². The van der Waals surface area contributed by atoms with Crippen LogP contribution in [0.25, 0.3) is 0 Å². The van der Waals surface area contributed by atoms with Crippen LogP contribution in [0.4, 0.5) is 8.78 Å². The largest absolute Gasteiger partial charge is 0.370 e. The molecule has 0 amide bonds. The van der Waals surface area contributed by atoms with E-state index in [0.29, 0.717) is 11.0 Å². The van der Waals surface area contributed by atoms with Crippen molar-refractivity contribution >= 4 is 45.9 Å². The van der Waals surface area contributed by atoms with Gasteiger partial charge in [-0.3, -0.25) is 0 Å². The monoisotopic (exact) mass is 445 g/mol. The first-order valence-corrected chi connectivity index (χ1v) is 6.01. The minimum Gasteiger partial charge on any atom is -0.370 e. The van der Waals surface area contributed by atoms with E-state index in [1.54, 1.807) is 0 Å². The lowest BCUT2D eigenvalue weighted by atomic mass is 10.2. The van der Waals surface area contributed by atoms with Crippen molar-refractivity contribution in [2.24, 2.45) is 10.7 Å². The Bertz CT molecular complexity index is 469. The molecule has 0 radical (unpaired) electrons. The van der Waals surface area contributed by atoms with Gasteiger partial charge in [0, 0.05) is 16.6 Å². The molecule has 0 unspecified atom stereocenters. The Kier molecular flexibility index (Phi) is 8.15. The summed E-state index contributed by atoms with van der Waals surface area (Å²) in [4.78, 5) is 3.86. The van der Waals surface area contributed by atoms with Crippen molar-refractivity contribution in [2.75, 3.05) is 6.54 Å². The Morgan fingerprint density at radius 2 is 1.95 bits per heavy atom. The molecule has 0 aliphatic carbocycles. The molecule has 0 bridgehead atoms. The third-order valence-electron chi connectivity index (χ3n) is 2.08. The highest BCUT2D eigenvalue weighted by Crippen LogP contribution is 2.19. The lowest BCUT2D eigenvalue weighted by Crippen LogP contribution is -2.32. The number of halogens is 4. The van der Waals surface area contributed by atoms with Crippen molar-refractivity contribution in [1.82, 2.24) is 5.32 Å². The number of hydrogen-bond acceptors (Lipinski definition) is 1. The summed E-state index contributed by atoms with van der Waals surface area (Å²) in [6.45, 7) is 5.83. The molecule has 0 heterocycles. The number of hydrogen-bond donors (Lipinski definition) is 2. The number of nitrogens with zero attached hydrogens (tertiary/aromatic N) is 1. The molecule has 1 aromatic carbocycles. The molecule has 106 valence electrons. The molecule has 0 aromatic heterocycles. The van der Waals surface area contributed by atoms with Crippen LogP contribution in [0.1, 0.15) is 12.5 Å². The van der Waals surface area contributed by atoms with Crippen molar-refractivity contribution in [1.29, 1.82) is 0 Å². The Balaban J connectivity index is 0.00000324. The number of nitrogens with one attached hydrogen (secondary N) is 1. The molecule has 19 heavy (non-hydrogen) atoms. The van der Waals surface area contributed by atoms with E-state index in [-0.39, 0.29) is 42.0 Å². The zero-order valence-corrected chi connectivity index (χ0v) is 14.3. The highest BCUT2D eigenvalue weighted by molar-refractivity contribution is 14.0. The van der Waals surface area contributed by atoms with E-state index >= 15 is 0 Å². The van der Waals surface area contributed by atoms with Gasteiger partial charge in [0.25, 0.3) is 0 Å². The van der Waals surface area contributed by atoms with Crippen molar-refractivity contribution in [2.45, 2.75) is 13.5 Å². The molecule has 7 heteroatoms. The summed E-state index contributed by atoms with van der Waals surface area (Å²) in [6, 6.07) is 2.37. The molecule has 1 aromatic rings. The maximum absolute atomic E-state index is 13.5. The highest BCUT2D eigenvalue weighted by atomic mass is 127. The van der Waals surface area contributed by atoms with E-state index in [9.17, 15) is 8.78 Å². The fourth-order valence-electron chi connectivity index (χ4n) is 1.18. The van der Waals surface area contributed by atoms with E-state index in [4.69, 9.17) is 5.73 Å². The topological polar surface area (TPSA) is 50.4 Å². The molecule has 0 saturated carbocycles. The lowest BCUT2D eigenvalue weighted by molar-refractivity contribution is 0.555. The normalized spacial score (nSPS) is 10.8. The first-order valence-electron chi connectivity index (χ1n) is 5.21. The first kappa shape index (κ1) is 18.3. The van der Waals surface area contributed by atoms with Gasteiger partial charge in [-0.05, 0) is 19.1 Å². The van der Waals surface area contributed by atoms with E-state index in [1.807, 2.05) is 6.92 Å². The molecular formula is C12H15BrF2IN3. The second-order valence-corrected chi connectivity index (χ2v) is 4.78. The molecule has 1 rings (SSSR count). The highest BCUT2D eigenvalue weighted by Gasteiger charge is 2.09. The summed E-state index contributed by atoms with van der Waals surface area (Å²) in [5.41, 5.74) is 6.31. The predicted molar refractivity (Wildman–Crippen MR) is 87.6 cm³/mol. The molecule has 3 nitrogen and oxygen atoms in total. The van der Waals surface area contributed by atoms with Crippen LogP contribution >= 0.6 is 39.9 Å². The Labute approximate surface area is 136 Å². The van der Waals surface area contributed by atoms with Crippen LogP contribution < -0.4 is 11.1 Å². The average Bonchev–Trinajstić information content (AvgIpc) is 2.24.